The first-order valence-corrected chi connectivity index (χ1v) is 7.13. The number of nitrogens with zero attached hydrogens (tertiary/aromatic N) is 2. The Kier molecular flexibility index (Phi) is 4.36. The second kappa shape index (κ2) is 6.02. The molecule has 0 spiro atoms. The Balaban J connectivity index is 2.17. The highest BCUT2D eigenvalue weighted by molar-refractivity contribution is 7.10. The molecular weight excluding hydrogens is 274 g/mol. The van der Waals surface area contributed by atoms with Crippen LogP contribution in [-0.4, -0.2) is 16.9 Å². The van der Waals surface area contributed by atoms with E-state index in [0.29, 0.717) is 12.2 Å². The molecule has 0 bridgehead atoms. The van der Waals surface area contributed by atoms with Crippen molar-refractivity contribution in [1.82, 2.24) is 4.90 Å². The van der Waals surface area contributed by atoms with Crippen LogP contribution in [0.3, 0.4) is 0 Å². The van der Waals surface area contributed by atoms with E-state index in [1.54, 1.807) is 23.5 Å². The van der Waals surface area contributed by atoms with E-state index < -0.39 is 4.92 Å². The molecule has 1 aromatic heterocycles. The molecule has 1 unspecified atom stereocenters. The van der Waals surface area contributed by atoms with E-state index in [2.05, 4.69) is 17.9 Å². The number of nitrogen functional groups attached to an aromatic ring is 1. The van der Waals surface area contributed by atoms with Crippen LogP contribution < -0.4 is 5.73 Å². The summed E-state index contributed by atoms with van der Waals surface area (Å²) in [5, 5.41) is 12.9. The minimum atomic E-state index is -0.397. The zero-order valence-corrected chi connectivity index (χ0v) is 12.3. The lowest BCUT2D eigenvalue weighted by atomic mass is 10.1. The topological polar surface area (TPSA) is 72.4 Å². The van der Waals surface area contributed by atoms with Crippen LogP contribution in [0.15, 0.2) is 35.7 Å². The molecule has 1 atom stereocenters. The standard InChI is InChI=1S/C14H17N3O2S/c1-10(14-4-3-7-20-14)16(2)9-11-8-12(17(18)19)5-6-13(11)15/h3-8,10H,9,15H2,1-2H3. The van der Waals surface area contributed by atoms with Gasteiger partial charge in [-0.2, -0.15) is 0 Å². The van der Waals surface area contributed by atoms with Crippen molar-refractivity contribution in [1.29, 1.82) is 0 Å². The fraction of sp³-hybridized carbons (Fsp3) is 0.286. The number of hydrogen-bond donors (Lipinski definition) is 1. The fourth-order valence-electron chi connectivity index (χ4n) is 1.99. The van der Waals surface area contributed by atoms with Crippen molar-refractivity contribution < 1.29 is 4.92 Å². The third-order valence-electron chi connectivity index (χ3n) is 3.37. The molecule has 0 radical (unpaired) electrons. The Morgan fingerprint density at radius 3 is 2.80 bits per heavy atom. The zero-order valence-electron chi connectivity index (χ0n) is 11.4. The Morgan fingerprint density at radius 2 is 2.20 bits per heavy atom. The van der Waals surface area contributed by atoms with E-state index in [4.69, 9.17) is 5.73 Å². The van der Waals surface area contributed by atoms with Crippen molar-refractivity contribution in [2.45, 2.75) is 19.5 Å². The van der Waals surface area contributed by atoms with Gasteiger partial charge < -0.3 is 5.73 Å². The Hall–Kier alpha value is -1.92. The third kappa shape index (κ3) is 3.15. The first-order chi connectivity index (χ1) is 9.49. The van der Waals surface area contributed by atoms with Gasteiger partial charge in [-0.25, -0.2) is 0 Å². The van der Waals surface area contributed by atoms with Gasteiger partial charge in [0.25, 0.3) is 5.69 Å². The van der Waals surface area contributed by atoms with Gasteiger partial charge in [0, 0.05) is 35.3 Å². The number of hydrogen-bond acceptors (Lipinski definition) is 5. The van der Waals surface area contributed by atoms with Gasteiger partial charge in [0.15, 0.2) is 0 Å². The van der Waals surface area contributed by atoms with E-state index in [1.807, 2.05) is 18.5 Å². The summed E-state index contributed by atoms with van der Waals surface area (Å²) in [4.78, 5) is 13.8. The van der Waals surface area contributed by atoms with E-state index in [0.717, 1.165) is 5.56 Å². The van der Waals surface area contributed by atoms with Crippen molar-refractivity contribution in [2.24, 2.45) is 0 Å². The molecule has 2 aromatic rings. The molecule has 0 amide bonds. The summed E-state index contributed by atoms with van der Waals surface area (Å²) in [5.74, 6) is 0. The number of benzene rings is 1. The predicted molar refractivity (Wildman–Crippen MR) is 81.7 cm³/mol. The maximum absolute atomic E-state index is 10.8. The number of nitrogens with two attached hydrogens (primary N) is 1. The van der Waals surface area contributed by atoms with Gasteiger partial charge in [-0.15, -0.1) is 11.3 Å². The van der Waals surface area contributed by atoms with Gasteiger partial charge >= 0.3 is 0 Å². The van der Waals surface area contributed by atoms with Crippen molar-refractivity contribution in [2.75, 3.05) is 12.8 Å². The number of nitro benzene ring substituents is 1. The summed E-state index contributed by atoms with van der Waals surface area (Å²) >= 11 is 1.70. The first-order valence-electron chi connectivity index (χ1n) is 6.25. The second-order valence-electron chi connectivity index (χ2n) is 4.75. The molecule has 0 saturated carbocycles. The smallest absolute Gasteiger partial charge is 0.269 e. The van der Waals surface area contributed by atoms with Gasteiger partial charge in [0.05, 0.1) is 4.92 Å². The van der Waals surface area contributed by atoms with Crippen molar-refractivity contribution in [3.8, 4) is 0 Å². The highest BCUT2D eigenvalue weighted by Crippen LogP contribution is 2.27. The predicted octanol–water partition coefficient (Wildman–Crippen LogP) is 3.43. The summed E-state index contributed by atoms with van der Waals surface area (Å²) in [5.41, 5.74) is 7.35. The van der Waals surface area contributed by atoms with Crippen molar-refractivity contribution in [3.05, 3.63) is 56.3 Å². The second-order valence-corrected chi connectivity index (χ2v) is 5.73. The van der Waals surface area contributed by atoms with Gasteiger partial charge in [-0.05, 0) is 37.0 Å². The average molecular weight is 291 g/mol. The van der Waals surface area contributed by atoms with Crippen LogP contribution in [0.1, 0.15) is 23.4 Å². The quantitative estimate of drug-likeness (QED) is 0.520. The highest BCUT2D eigenvalue weighted by atomic mass is 32.1. The fourth-order valence-corrected chi connectivity index (χ4v) is 2.84. The molecule has 0 saturated heterocycles. The van der Waals surface area contributed by atoms with Gasteiger partial charge in [0.1, 0.15) is 0 Å². The number of rotatable bonds is 5. The van der Waals surface area contributed by atoms with Crippen LogP contribution >= 0.6 is 11.3 Å². The van der Waals surface area contributed by atoms with E-state index in [1.165, 1.54) is 10.9 Å². The summed E-state index contributed by atoms with van der Waals surface area (Å²) in [7, 11) is 1.99. The molecule has 0 aliphatic carbocycles. The van der Waals surface area contributed by atoms with Gasteiger partial charge in [-0.3, -0.25) is 15.0 Å². The molecular formula is C14H17N3O2S. The Morgan fingerprint density at radius 1 is 1.45 bits per heavy atom. The Labute approximate surface area is 121 Å². The molecule has 106 valence electrons. The minimum absolute atomic E-state index is 0.0753. The molecule has 20 heavy (non-hydrogen) atoms. The summed E-state index contributed by atoms with van der Waals surface area (Å²) in [6, 6.07) is 8.93. The van der Waals surface area contributed by atoms with E-state index in [-0.39, 0.29) is 11.7 Å². The average Bonchev–Trinajstić information content (AvgIpc) is 2.94. The summed E-state index contributed by atoms with van der Waals surface area (Å²) < 4.78 is 0. The maximum atomic E-state index is 10.8. The number of nitro groups is 1. The molecule has 0 aliphatic heterocycles. The molecule has 1 heterocycles. The summed E-state index contributed by atoms with van der Waals surface area (Å²) in [6.07, 6.45) is 0. The molecule has 6 heteroatoms. The van der Waals surface area contributed by atoms with E-state index in [9.17, 15) is 10.1 Å². The van der Waals surface area contributed by atoms with Crippen LogP contribution in [0.2, 0.25) is 0 Å². The lowest BCUT2D eigenvalue weighted by Crippen LogP contribution is -2.21. The minimum Gasteiger partial charge on any atom is -0.398 e. The number of anilines is 1. The van der Waals surface area contributed by atoms with Crippen LogP contribution in [0.5, 0.6) is 0 Å². The van der Waals surface area contributed by atoms with Crippen molar-refractivity contribution >= 4 is 22.7 Å². The van der Waals surface area contributed by atoms with Crippen LogP contribution in [0.25, 0.3) is 0 Å². The van der Waals surface area contributed by atoms with Crippen LogP contribution in [0, 0.1) is 10.1 Å². The molecule has 2 rings (SSSR count). The normalized spacial score (nSPS) is 12.6. The molecule has 5 nitrogen and oxygen atoms in total. The first kappa shape index (κ1) is 14.5. The SMILES string of the molecule is CC(c1cccs1)N(C)Cc1cc([N+](=O)[O-])ccc1N. The third-order valence-corrected chi connectivity index (χ3v) is 4.42. The van der Waals surface area contributed by atoms with Crippen molar-refractivity contribution in [3.63, 3.8) is 0 Å². The van der Waals surface area contributed by atoms with Gasteiger partial charge in [-0.1, -0.05) is 6.07 Å². The van der Waals surface area contributed by atoms with Crippen LogP contribution in [-0.2, 0) is 6.54 Å². The number of non-ortho nitro benzene ring substituents is 1. The zero-order chi connectivity index (χ0) is 14.7. The number of thiophene rings is 1. The largest absolute Gasteiger partial charge is 0.398 e. The molecule has 2 N–H and O–H groups in total. The van der Waals surface area contributed by atoms with Crippen LogP contribution in [0.4, 0.5) is 11.4 Å². The maximum Gasteiger partial charge on any atom is 0.269 e. The summed E-state index contributed by atoms with van der Waals surface area (Å²) in [6.45, 7) is 2.69. The lowest BCUT2D eigenvalue weighted by molar-refractivity contribution is -0.384. The Bertz CT molecular complexity index is 598. The lowest BCUT2D eigenvalue weighted by Gasteiger charge is -2.24. The highest BCUT2D eigenvalue weighted by Gasteiger charge is 2.16. The molecule has 0 aliphatic rings. The molecule has 1 aromatic carbocycles. The molecule has 0 fully saturated rings. The monoisotopic (exact) mass is 291 g/mol. The van der Waals surface area contributed by atoms with Gasteiger partial charge in [0.2, 0.25) is 0 Å². The van der Waals surface area contributed by atoms with E-state index >= 15 is 0 Å².